The van der Waals surface area contributed by atoms with Gasteiger partial charge in [0.15, 0.2) is 0 Å². The quantitative estimate of drug-likeness (QED) is 0.310. The molecule has 4 aromatic rings. The van der Waals surface area contributed by atoms with Crippen molar-refractivity contribution in [3.63, 3.8) is 0 Å². The van der Waals surface area contributed by atoms with E-state index in [2.05, 4.69) is 26.6 Å². The van der Waals surface area contributed by atoms with E-state index >= 15 is 0 Å². The summed E-state index contributed by atoms with van der Waals surface area (Å²) >= 11 is 0. The summed E-state index contributed by atoms with van der Waals surface area (Å²) in [5.41, 5.74) is 6.42. The number of benzene rings is 1. The maximum atomic E-state index is 13.6. The number of hydrogen-bond acceptors (Lipinski definition) is 6. The third-order valence-electron chi connectivity index (χ3n) is 6.37. The first-order valence-electron chi connectivity index (χ1n) is 12.0. The van der Waals surface area contributed by atoms with Gasteiger partial charge in [0.2, 0.25) is 0 Å². The van der Waals surface area contributed by atoms with Gasteiger partial charge in [-0.15, -0.1) is 0 Å². The molecule has 0 unspecified atom stereocenters. The van der Waals surface area contributed by atoms with E-state index in [0.717, 1.165) is 47.3 Å². The number of hydrogen-bond donors (Lipinski definition) is 3. The molecule has 5 rings (SSSR count). The van der Waals surface area contributed by atoms with Crippen molar-refractivity contribution < 1.29 is 14.3 Å². The van der Waals surface area contributed by atoms with Crippen LogP contribution in [0.1, 0.15) is 40.0 Å². The van der Waals surface area contributed by atoms with Crippen LogP contribution >= 0.6 is 0 Å². The summed E-state index contributed by atoms with van der Waals surface area (Å²) in [6.07, 6.45) is 5.86. The Morgan fingerprint density at radius 1 is 1.19 bits per heavy atom. The van der Waals surface area contributed by atoms with Crippen LogP contribution in [0.4, 0.5) is 15.9 Å². The molecule has 0 radical (unpaired) electrons. The molecule has 3 aromatic heterocycles. The van der Waals surface area contributed by atoms with Gasteiger partial charge in [-0.1, -0.05) is 12.1 Å². The molecule has 0 spiro atoms. The Hall–Kier alpha value is -3.82. The molecule has 0 fully saturated rings. The van der Waals surface area contributed by atoms with Gasteiger partial charge in [-0.3, -0.25) is 9.20 Å². The first-order chi connectivity index (χ1) is 17.4. The van der Waals surface area contributed by atoms with Crippen LogP contribution in [0.25, 0.3) is 16.9 Å². The zero-order valence-electron chi connectivity index (χ0n) is 20.4. The minimum atomic E-state index is -0.346. The first-order valence-corrected chi connectivity index (χ1v) is 12.0. The molecule has 1 aliphatic rings. The summed E-state index contributed by atoms with van der Waals surface area (Å²) in [5, 5.41) is 15.4. The lowest BCUT2D eigenvalue weighted by Crippen LogP contribution is -2.15. The van der Waals surface area contributed by atoms with Crippen molar-refractivity contribution in [1.82, 2.24) is 24.6 Å². The third kappa shape index (κ3) is 4.67. The minimum absolute atomic E-state index is 0.150. The minimum Gasteiger partial charge on any atom is -0.396 e. The second-order valence-electron chi connectivity index (χ2n) is 9.26. The van der Waals surface area contributed by atoms with Gasteiger partial charge in [0, 0.05) is 37.5 Å². The van der Waals surface area contributed by atoms with Crippen LogP contribution < -0.4 is 10.6 Å². The van der Waals surface area contributed by atoms with E-state index in [4.69, 9.17) is 10.1 Å². The molecule has 0 bridgehead atoms. The number of aliphatic hydroxyl groups excluding tert-OH is 1. The molecule has 9 heteroatoms. The molecule has 1 amide bonds. The second-order valence-corrected chi connectivity index (χ2v) is 9.26. The molecule has 3 N–H and O–H groups in total. The highest BCUT2D eigenvalue weighted by Crippen LogP contribution is 2.35. The molecular formula is C27H29FN6O2. The number of unbranched alkanes of at least 4 members (excludes halogenated alkanes) is 1. The van der Waals surface area contributed by atoms with Gasteiger partial charge in [-0.05, 0) is 62.7 Å². The summed E-state index contributed by atoms with van der Waals surface area (Å²) in [4.78, 5) is 24.1. The highest BCUT2D eigenvalue weighted by Gasteiger charge is 2.27. The highest BCUT2D eigenvalue weighted by molar-refractivity contribution is 6.06. The van der Waals surface area contributed by atoms with Gasteiger partial charge < -0.3 is 20.6 Å². The summed E-state index contributed by atoms with van der Waals surface area (Å²) in [5.74, 6) is 0.169. The van der Waals surface area contributed by atoms with Crippen molar-refractivity contribution in [1.29, 1.82) is 0 Å². The monoisotopic (exact) mass is 488 g/mol. The average molecular weight is 489 g/mol. The van der Waals surface area contributed by atoms with Crippen LogP contribution in [0.2, 0.25) is 0 Å². The maximum absolute atomic E-state index is 13.6. The number of rotatable bonds is 9. The molecule has 1 aromatic carbocycles. The normalized spacial score (nSPS) is 12.9. The van der Waals surface area contributed by atoms with Crippen molar-refractivity contribution in [3.05, 3.63) is 77.0 Å². The van der Waals surface area contributed by atoms with Gasteiger partial charge in [-0.2, -0.15) is 0 Å². The fourth-order valence-electron chi connectivity index (χ4n) is 4.68. The highest BCUT2D eigenvalue weighted by atomic mass is 19.1. The molecule has 8 nitrogen and oxygen atoms in total. The number of pyridine rings is 2. The van der Waals surface area contributed by atoms with Crippen molar-refractivity contribution in [2.24, 2.45) is 0 Å². The number of aliphatic hydroxyl groups is 1. The summed E-state index contributed by atoms with van der Waals surface area (Å²) in [7, 11) is 4.01. The van der Waals surface area contributed by atoms with Crippen LogP contribution in [-0.2, 0) is 19.5 Å². The van der Waals surface area contributed by atoms with Crippen molar-refractivity contribution in [3.8, 4) is 11.3 Å². The first kappa shape index (κ1) is 23.9. The van der Waals surface area contributed by atoms with Crippen molar-refractivity contribution in [2.45, 2.75) is 32.4 Å². The molecule has 0 saturated carbocycles. The topological polar surface area (TPSA) is 94.8 Å². The largest absolute Gasteiger partial charge is 0.396 e. The number of anilines is 2. The molecule has 36 heavy (non-hydrogen) atoms. The number of imidazole rings is 1. The number of amides is 1. The molecule has 4 heterocycles. The number of aryl methyl sites for hydroxylation is 1. The van der Waals surface area contributed by atoms with Crippen LogP contribution in [-0.4, -0.2) is 51.0 Å². The summed E-state index contributed by atoms with van der Waals surface area (Å²) in [6, 6.07) is 10.6. The van der Waals surface area contributed by atoms with Gasteiger partial charge in [0.25, 0.3) is 5.91 Å². The van der Waals surface area contributed by atoms with Gasteiger partial charge >= 0.3 is 0 Å². The lowest BCUT2D eigenvalue weighted by atomic mass is 9.99. The number of nitrogens with one attached hydrogen (secondary N) is 2. The lowest BCUT2D eigenvalue weighted by Gasteiger charge is -2.17. The fourth-order valence-corrected chi connectivity index (χ4v) is 4.68. The molecule has 186 valence electrons. The Bertz CT molecular complexity index is 1430. The van der Waals surface area contributed by atoms with E-state index in [9.17, 15) is 9.18 Å². The molecule has 0 aliphatic carbocycles. The number of halogens is 1. The summed E-state index contributed by atoms with van der Waals surface area (Å²) < 4.78 is 15.5. The average Bonchev–Trinajstić information content (AvgIpc) is 3.44. The predicted molar refractivity (Wildman–Crippen MR) is 137 cm³/mol. The number of carbonyl (C=O) groups is 1. The molecule has 0 atom stereocenters. The summed E-state index contributed by atoms with van der Waals surface area (Å²) in [6.45, 7) is 1.28. The SMILES string of the molecule is CN(C)Cc1nc(Nc2ccc(-c3cnc4cc(F)ccn34)c3c2C(=O)NC3)ccc1CCCCO. The van der Waals surface area contributed by atoms with E-state index in [1.807, 2.05) is 36.7 Å². The van der Waals surface area contributed by atoms with Crippen molar-refractivity contribution >= 4 is 23.1 Å². The Kier molecular flexibility index (Phi) is 6.67. The van der Waals surface area contributed by atoms with Crippen LogP contribution in [0, 0.1) is 5.82 Å². The Morgan fingerprint density at radius 3 is 2.86 bits per heavy atom. The van der Waals surface area contributed by atoms with Crippen LogP contribution in [0.3, 0.4) is 0 Å². The number of carbonyl (C=O) groups excluding carboxylic acids is 1. The van der Waals surface area contributed by atoms with E-state index in [0.29, 0.717) is 35.8 Å². The number of fused-ring (bicyclic) bond motifs is 2. The van der Waals surface area contributed by atoms with E-state index in [1.54, 1.807) is 12.4 Å². The van der Waals surface area contributed by atoms with Crippen molar-refractivity contribution in [2.75, 3.05) is 26.0 Å². The van der Waals surface area contributed by atoms with Gasteiger partial charge in [0.1, 0.15) is 17.3 Å². The second kappa shape index (κ2) is 10.0. The van der Waals surface area contributed by atoms with Gasteiger partial charge in [0.05, 0.1) is 28.8 Å². The van der Waals surface area contributed by atoms with Crippen LogP contribution in [0.15, 0.2) is 48.8 Å². The van der Waals surface area contributed by atoms with Crippen LogP contribution in [0.5, 0.6) is 0 Å². The molecule has 1 aliphatic heterocycles. The third-order valence-corrected chi connectivity index (χ3v) is 6.37. The smallest absolute Gasteiger partial charge is 0.254 e. The number of nitrogens with zero attached hydrogens (tertiary/aromatic N) is 4. The van der Waals surface area contributed by atoms with E-state index in [1.165, 1.54) is 12.1 Å². The predicted octanol–water partition coefficient (Wildman–Crippen LogP) is 3.90. The zero-order chi connectivity index (χ0) is 25.2. The van der Waals surface area contributed by atoms with Gasteiger partial charge in [-0.25, -0.2) is 14.4 Å². The fraction of sp³-hybridized carbons (Fsp3) is 0.296. The van der Waals surface area contributed by atoms with E-state index in [-0.39, 0.29) is 18.3 Å². The molecule has 0 saturated heterocycles. The standard InChI is InChI=1S/C27H29FN6O2/c1-33(2)16-22-17(5-3-4-12-35)6-9-24(32-22)31-21-8-7-19(20-14-30-27(36)26(20)21)23-15-29-25-13-18(28)10-11-34(23)25/h6-11,13,15,35H,3-5,12,14,16H2,1-2H3,(H,30,36)(H,31,32). The zero-order valence-corrected chi connectivity index (χ0v) is 20.4. The Balaban J connectivity index is 1.50. The Labute approximate surface area is 208 Å². The molecular weight excluding hydrogens is 459 g/mol. The maximum Gasteiger partial charge on any atom is 0.254 e. The Morgan fingerprint density at radius 2 is 2.06 bits per heavy atom. The number of aromatic nitrogens is 3. The van der Waals surface area contributed by atoms with E-state index < -0.39 is 0 Å². The lowest BCUT2D eigenvalue weighted by molar-refractivity contribution is 0.0966.